The van der Waals surface area contributed by atoms with E-state index in [0.29, 0.717) is 6.54 Å². The third kappa shape index (κ3) is 3.45. The standard InChI is InChI=1S/C19H20N2O3/c1-13(22)21-10-4-7-16(12-21)18-9-3-8-17(20-18)14-5-2-6-15(11-14)19(23)24/h2-3,5-6,8-9,11,16H,4,7,10,12H2,1H3,(H,23,24). The minimum atomic E-state index is -0.947. The molecule has 0 bridgehead atoms. The zero-order chi connectivity index (χ0) is 17.1. The van der Waals surface area contributed by atoms with Crippen LogP contribution in [-0.4, -0.2) is 40.0 Å². The van der Waals surface area contributed by atoms with Gasteiger partial charge in [0.1, 0.15) is 0 Å². The predicted molar refractivity (Wildman–Crippen MR) is 90.9 cm³/mol. The first-order valence-corrected chi connectivity index (χ1v) is 8.11. The zero-order valence-corrected chi connectivity index (χ0v) is 13.6. The van der Waals surface area contributed by atoms with Gasteiger partial charge in [0.2, 0.25) is 5.91 Å². The third-order valence-electron chi connectivity index (χ3n) is 4.46. The van der Waals surface area contributed by atoms with Gasteiger partial charge in [0, 0.05) is 37.2 Å². The highest BCUT2D eigenvalue weighted by Gasteiger charge is 2.24. The number of hydrogen-bond acceptors (Lipinski definition) is 3. The summed E-state index contributed by atoms with van der Waals surface area (Å²) in [6.07, 6.45) is 1.99. The maximum Gasteiger partial charge on any atom is 0.335 e. The number of benzene rings is 1. The van der Waals surface area contributed by atoms with Gasteiger partial charge in [-0.2, -0.15) is 0 Å². The number of carboxylic acid groups (broad SMARTS) is 1. The van der Waals surface area contributed by atoms with E-state index in [4.69, 9.17) is 10.1 Å². The van der Waals surface area contributed by atoms with Gasteiger partial charge < -0.3 is 10.0 Å². The smallest absolute Gasteiger partial charge is 0.335 e. The Hall–Kier alpha value is -2.69. The number of nitrogens with zero attached hydrogens (tertiary/aromatic N) is 2. The summed E-state index contributed by atoms with van der Waals surface area (Å²) in [5.74, 6) is -0.618. The SMILES string of the molecule is CC(=O)N1CCCC(c2cccc(-c3cccc(C(=O)O)c3)n2)C1. The number of rotatable bonds is 3. The highest BCUT2D eigenvalue weighted by Crippen LogP contribution is 2.28. The van der Waals surface area contributed by atoms with E-state index in [1.165, 1.54) is 0 Å². The Kier molecular flexibility index (Phi) is 4.60. The second kappa shape index (κ2) is 6.83. The van der Waals surface area contributed by atoms with Crippen molar-refractivity contribution >= 4 is 11.9 Å². The van der Waals surface area contributed by atoms with Crippen LogP contribution in [0.1, 0.15) is 41.7 Å². The number of pyridine rings is 1. The van der Waals surface area contributed by atoms with Crippen LogP contribution >= 0.6 is 0 Å². The number of piperidine rings is 1. The fraction of sp³-hybridized carbons (Fsp3) is 0.316. The van der Waals surface area contributed by atoms with Crippen molar-refractivity contribution in [2.24, 2.45) is 0 Å². The molecule has 24 heavy (non-hydrogen) atoms. The van der Waals surface area contributed by atoms with E-state index in [9.17, 15) is 9.59 Å². The molecule has 1 unspecified atom stereocenters. The molecule has 1 aromatic carbocycles. The van der Waals surface area contributed by atoms with Crippen molar-refractivity contribution in [2.75, 3.05) is 13.1 Å². The first-order valence-electron chi connectivity index (χ1n) is 8.11. The van der Waals surface area contributed by atoms with E-state index in [2.05, 4.69) is 0 Å². The molecule has 5 heteroatoms. The lowest BCUT2D eigenvalue weighted by Crippen LogP contribution is -2.37. The Morgan fingerprint density at radius 3 is 2.75 bits per heavy atom. The van der Waals surface area contributed by atoms with Crippen molar-refractivity contribution in [2.45, 2.75) is 25.7 Å². The number of hydrogen-bond donors (Lipinski definition) is 1. The molecule has 5 nitrogen and oxygen atoms in total. The molecule has 2 heterocycles. The van der Waals surface area contributed by atoms with E-state index in [-0.39, 0.29) is 17.4 Å². The molecule has 124 valence electrons. The maximum atomic E-state index is 11.6. The van der Waals surface area contributed by atoms with E-state index in [0.717, 1.165) is 36.3 Å². The van der Waals surface area contributed by atoms with Crippen LogP contribution in [0.15, 0.2) is 42.5 Å². The van der Waals surface area contributed by atoms with Crippen LogP contribution in [0.3, 0.4) is 0 Å². The maximum absolute atomic E-state index is 11.6. The highest BCUT2D eigenvalue weighted by molar-refractivity contribution is 5.89. The van der Waals surface area contributed by atoms with Crippen LogP contribution in [0.4, 0.5) is 0 Å². The zero-order valence-electron chi connectivity index (χ0n) is 13.6. The summed E-state index contributed by atoms with van der Waals surface area (Å²) in [4.78, 5) is 29.4. The van der Waals surface area contributed by atoms with E-state index >= 15 is 0 Å². The average Bonchev–Trinajstić information content (AvgIpc) is 2.62. The van der Waals surface area contributed by atoms with Crippen molar-refractivity contribution in [1.82, 2.24) is 9.88 Å². The van der Waals surface area contributed by atoms with Gasteiger partial charge in [-0.05, 0) is 37.1 Å². The minimum Gasteiger partial charge on any atom is -0.478 e. The Morgan fingerprint density at radius 2 is 2.00 bits per heavy atom. The molecule has 0 saturated carbocycles. The van der Waals surface area contributed by atoms with Gasteiger partial charge in [-0.25, -0.2) is 4.79 Å². The van der Waals surface area contributed by atoms with Gasteiger partial charge in [-0.3, -0.25) is 9.78 Å². The van der Waals surface area contributed by atoms with Gasteiger partial charge in [0.05, 0.1) is 11.3 Å². The van der Waals surface area contributed by atoms with Gasteiger partial charge >= 0.3 is 5.97 Å². The summed E-state index contributed by atoms with van der Waals surface area (Å²) >= 11 is 0. The molecule has 1 amide bonds. The molecule has 2 aromatic rings. The van der Waals surface area contributed by atoms with Gasteiger partial charge in [-0.15, -0.1) is 0 Å². The largest absolute Gasteiger partial charge is 0.478 e. The van der Waals surface area contributed by atoms with Crippen molar-refractivity contribution in [1.29, 1.82) is 0 Å². The normalized spacial score (nSPS) is 17.5. The predicted octanol–water partition coefficient (Wildman–Crippen LogP) is 3.17. The van der Waals surface area contributed by atoms with Crippen LogP contribution in [0.5, 0.6) is 0 Å². The van der Waals surface area contributed by atoms with Crippen molar-refractivity contribution in [3.8, 4) is 11.3 Å². The Morgan fingerprint density at radius 1 is 1.21 bits per heavy atom. The molecule has 1 aromatic heterocycles. The van der Waals surface area contributed by atoms with Gasteiger partial charge in [0.15, 0.2) is 0 Å². The van der Waals surface area contributed by atoms with Crippen LogP contribution in [0, 0.1) is 0 Å². The van der Waals surface area contributed by atoms with Crippen molar-refractivity contribution in [3.05, 3.63) is 53.7 Å². The molecule has 3 rings (SSSR count). The van der Waals surface area contributed by atoms with E-state index in [1.807, 2.05) is 29.2 Å². The lowest BCUT2D eigenvalue weighted by atomic mass is 9.93. The summed E-state index contributed by atoms with van der Waals surface area (Å²) in [6, 6.07) is 12.6. The molecule has 1 aliphatic rings. The minimum absolute atomic E-state index is 0.102. The molecule has 1 saturated heterocycles. The fourth-order valence-electron chi connectivity index (χ4n) is 3.16. The van der Waals surface area contributed by atoms with Gasteiger partial charge in [-0.1, -0.05) is 18.2 Å². The lowest BCUT2D eigenvalue weighted by molar-refractivity contribution is -0.130. The lowest BCUT2D eigenvalue weighted by Gasteiger charge is -2.31. The molecule has 0 radical (unpaired) electrons. The van der Waals surface area contributed by atoms with Crippen LogP contribution in [0.25, 0.3) is 11.3 Å². The Labute approximate surface area is 140 Å². The highest BCUT2D eigenvalue weighted by atomic mass is 16.4. The van der Waals surface area contributed by atoms with Gasteiger partial charge in [0.25, 0.3) is 0 Å². The van der Waals surface area contributed by atoms with Crippen molar-refractivity contribution < 1.29 is 14.7 Å². The average molecular weight is 324 g/mol. The molecule has 1 fully saturated rings. The summed E-state index contributed by atoms with van der Waals surface area (Å²) in [7, 11) is 0. The molecular weight excluding hydrogens is 304 g/mol. The Balaban J connectivity index is 1.88. The molecule has 0 aliphatic carbocycles. The topological polar surface area (TPSA) is 70.5 Å². The number of aromatic nitrogens is 1. The monoisotopic (exact) mass is 324 g/mol. The number of aromatic carboxylic acids is 1. The molecule has 1 aliphatic heterocycles. The number of carboxylic acids is 1. The molecular formula is C19H20N2O3. The number of carbonyl (C=O) groups excluding carboxylic acids is 1. The van der Waals surface area contributed by atoms with Crippen LogP contribution in [0.2, 0.25) is 0 Å². The number of likely N-dealkylation sites (tertiary alicyclic amines) is 1. The summed E-state index contributed by atoms with van der Waals surface area (Å²) in [6.45, 7) is 3.11. The van der Waals surface area contributed by atoms with E-state index < -0.39 is 5.97 Å². The number of amides is 1. The fourth-order valence-corrected chi connectivity index (χ4v) is 3.16. The first kappa shape index (κ1) is 16.2. The summed E-state index contributed by atoms with van der Waals surface area (Å²) < 4.78 is 0. The molecule has 1 atom stereocenters. The van der Waals surface area contributed by atoms with Crippen LogP contribution in [-0.2, 0) is 4.79 Å². The van der Waals surface area contributed by atoms with Crippen LogP contribution < -0.4 is 0 Å². The molecule has 1 N–H and O–H groups in total. The Bertz CT molecular complexity index is 773. The summed E-state index contributed by atoms with van der Waals surface area (Å²) in [5, 5.41) is 9.14. The second-order valence-corrected chi connectivity index (χ2v) is 6.14. The second-order valence-electron chi connectivity index (χ2n) is 6.14. The van der Waals surface area contributed by atoms with Crippen molar-refractivity contribution in [3.63, 3.8) is 0 Å². The third-order valence-corrected chi connectivity index (χ3v) is 4.46. The number of carbonyl (C=O) groups is 2. The quantitative estimate of drug-likeness (QED) is 0.941. The molecule has 0 spiro atoms. The summed E-state index contributed by atoms with van der Waals surface area (Å²) in [5.41, 5.74) is 2.76. The van der Waals surface area contributed by atoms with E-state index in [1.54, 1.807) is 25.1 Å². The first-order chi connectivity index (χ1) is 11.5.